The lowest BCUT2D eigenvalue weighted by Gasteiger charge is -2.24. The van der Waals surface area contributed by atoms with E-state index in [4.69, 9.17) is 24.3 Å². The van der Waals surface area contributed by atoms with E-state index in [0.29, 0.717) is 11.2 Å². The van der Waals surface area contributed by atoms with Gasteiger partial charge in [-0.3, -0.25) is 13.9 Å². The fraction of sp³-hybridized carbons (Fsp3) is 0.308. The van der Waals surface area contributed by atoms with Crippen LogP contribution >= 0.6 is 7.75 Å². The molecule has 5 rings (SSSR count). The number of nitrogens with one attached hydrogen (secondary N) is 1. The van der Waals surface area contributed by atoms with E-state index >= 15 is 0 Å². The monoisotopic (exact) mass is 568 g/mol. The Morgan fingerprint density at radius 3 is 2.65 bits per heavy atom. The molecule has 1 saturated heterocycles. The number of aliphatic hydroxyl groups is 1. The molecule has 0 radical (unpaired) electrons. The Labute approximate surface area is 229 Å². The molecule has 0 saturated carbocycles. The molecular weight excluding hydrogens is 539 g/mol. The molecule has 40 heavy (non-hydrogen) atoms. The van der Waals surface area contributed by atoms with E-state index in [9.17, 15) is 14.5 Å². The van der Waals surface area contributed by atoms with Crippen LogP contribution in [0.5, 0.6) is 5.75 Å². The Morgan fingerprint density at radius 2 is 1.90 bits per heavy atom. The van der Waals surface area contributed by atoms with Crippen LogP contribution in [-0.2, 0) is 30.0 Å². The molecule has 0 amide bonds. The van der Waals surface area contributed by atoms with Crippen LogP contribution < -0.4 is 15.3 Å². The molecule has 4 aromatic rings. The highest BCUT2D eigenvalue weighted by Crippen LogP contribution is 2.46. The molecule has 1 aliphatic rings. The summed E-state index contributed by atoms with van der Waals surface area (Å²) in [6.07, 6.45) is 0.503. The molecule has 3 heterocycles. The van der Waals surface area contributed by atoms with E-state index in [0.717, 1.165) is 5.56 Å². The van der Waals surface area contributed by atoms with Gasteiger partial charge in [0.1, 0.15) is 36.3 Å². The summed E-state index contributed by atoms with van der Waals surface area (Å²) in [5.41, 5.74) is 7.47. The summed E-state index contributed by atoms with van der Waals surface area (Å²) in [6.45, 7) is 1.35. The van der Waals surface area contributed by atoms with Crippen LogP contribution in [0.2, 0.25) is 0 Å². The van der Waals surface area contributed by atoms with Crippen molar-refractivity contribution in [2.75, 3.05) is 12.3 Å². The van der Waals surface area contributed by atoms with Crippen molar-refractivity contribution in [3.8, 4) is 5.75 Å². The number of hydrogen-bond donors (Lipinski definition) is 3. The molecule has 0 spiro atoms. The normalized spacial score (nSPS) is 21.1. The Bertz CT molecular complexity index is 1490. The standard InChI is InChI=1S/C26H29N6O7P/c1-17(26(34)36-13-18-8-4-2-5-9-18)31-40(35,39-19-10-6-3-7-11-19)37-14-20-12-21(33)25(38-20)32-16-30-22-23(27)28-15-29-24(22)32/h2-11,15-17,20-21,25,33H,12-14H2,1H3,(H,31,35)(H2,27,28,29)/t17-,20-,21+,25+,40-/m0/s1. The minimum Gasteiger partial charge on any atom is -0.460 e. The number of nitrogens with two attached hydrogens (primary N) is 1. The number of esters is 1. The third-order valence-corrected chi connectivity index (χ3v) is 7.80. The number of rotatable bonds is 11. The average molecular weight is 569 g/mol. The number of aromatic nitrogens is 4. The molecular formula is C26H29N6O7P. The summed E-state index contributed by atoms with van der Waals surface area (Å²) in [6, 6.07) is 16.6. The van der Waals surface area contributed by atoms with Gasteiger partial charge in [0.05, 0.1) is 19.0 Å². The topological polar surface area (TPSA) is 173 Å². The van der Waals surface area contributed by atoms with Crippen LogP contribution in [0.4, 0.5) is 5.82 Å². The SMILES string of the molecule is C[C@H](N[P@](=O)(OC[C@@H]1C[C@@H](O)[C@H](n2cnc3c(N)ncnc32)O1)Oc1ccccc1)C(=O)OCc1ccccc1. The molecule has 1 aliphatic heterocycles. The lowest BCUT2D eigenvalue weighted by atomic mass is 10.2. The summed E-state index contributed by atoms with van der Waals surface area (Å²) >= 11 is 0. The molecule has 210 valence electrons. The van der Waals surface area contributed by atoms with E-state index in [2.05, 4.69) is 20.0 Å². The lowest BCUT2D eigenvalue weighted by molar-refractivity contribution is -0.146. The fourth-order valence-corrected chi connectivity index (χ4v) is 5.70. The number of anilines is 1. The first kappa shape index (κ1) is 27.7. The van der Waals surface area contributed by atoms with Crippen LogP contribution in [0, 0.1) is 0 Å². The molecule has 2 aromatic heterocycles. The van der Waals surface area contributed by atoms with Crippen molar-refractivity contribution < 1.29 is 33.0 Å². The van der Waals surface area contributed by atoms with Crippen molar-refractivity contribution in [3.63, 3.8) is 0 Å². The highest BCUT2D eigenvalue weighted by Gasteiger charge is 2.39. The zero-order valence-corrected chi connectivity index (χ0v) is 22.5. The van der Waals surface area contributed by atoms with Crippen LogP contribution in [0.1, 0.15) is 25.1 Å². The maximum atomic E-state index is 13.8. The fourth-order valence-electron chi connectivity index (χ4n) is 4.18. The molecule has 4 N–H and O–H groups in total. The van der Waals surface area contributed by atoms with Gasteiger partial charge in [-0.05, 0) is 24.6 Å². The Balaban J connectivity index is 1.25. The summed E-state index contributed by atoms with van der Waals surface area (Å²) in [4.78, 5) is 25.0. The first-order valence-corrected chi connectivity index (χ1v) is 14.1. The van der Waals surface area contributed by atoms with Gasteiger partial charge in [0.25, 0.3) is 0 Å². The molecule has 0 aliphatic carbocycles. The predicted octanol–water partition coefficient (Wildman–Crippen LogP) is 2.98. The van der Waals surface area contributed by atoms with Gasteiger partial charge in [0, 0.05) is 6.42 Å². The Kier molecular flexibility index (Phi) is 8.38. The zero-order chi connectivity index (χ0) is 28.1. The third-order valence-electron chi connectivity index (χ3n) is 6.16. The van der Waals surface area contributed by atoms with Crippen molar-refractivity contribution >= 4 is 30.7 Å². The molecule has 0 bridgehead atoms. The van der Waals surface area contributed by atoms with Gasteiger partial charge in [0.2, 0.25) is 0 Å². The molecule has 5 atom stereocenters. The zero-order valence-electron chi connectivity index (χ0n) is 21.6. The van der Waals surface area contributed by atoms with Crippen molar-refractivity contribution in [3.05, 3.63) is 78.9 Å². The number of fused-ring (bicyclic) bond motifs is 1. The van der Waals surface area contributed by atoms with E-state index in [-0.39, 0.29) is 31.2 Å². The summed E-state index contributed by atoms with van der Waals surface area (Å²) < 4.78 is 38.1. The second kappa shape index (κ2) is 12.1. The van der Waals surface area contributed by atoms with Gasteiger partial charge in [-0.15, -0.1) is 0 Å². The number of hydrogen-bond acceptors (Lipinski definition) is 11. The second-order valence-electron chi connectivity index (χ2n) is 9.18. The molecule has 1 fully saturated rings. The maximum absolute atomic E-state index is 13.8. The van der Waals surface area contributed by atoms with E-state index in [1.54, 1.807) is 34.9 Å². The predicted molar refractivity (Wildman–Crippen MR) is 144 cm³/mol. The third kappa shape index (κ3) is 6.46. The molecule has 2 aromatic carbocycles. The van der Waals surface area contributed by atoms with Crippen molar-refractivity contribution in [1.82, 2.24) is 24.6 Å². The van der Waals surface area contributed by atoms with Gasteiger partial charge in [-0.25, -0.2) is 19.5 Å². The molecule has 13 nitrogen and oxygen atoms in total. The Hall–Kier alpha value is -3.87. The van der Waals surface area contributed by atoms with E-state index < -0.39 is 38.2 Å². The number of ether oxygens (including phenoxy) is 2. The van der Waals surface area contributed by atoms with E-state index in [1.165, 1.54) is 19.6 Å². The number of imidazole rings is 1. The number of nitrogen functional groups attached to an aromatic ring is 1. The number of benzene rings is 2. The summed E-state index contributed by atoms with van der Waals surface area (Å²) in [5.74, 6) is -0.154. The molecule has 0 unspecified atom stereocenters. The van der Waals surface area contributed by atoms with Crippen molar-refractivity contribution in [2.45, 2.75) is 44.4 Å². The number of carbonyl (C=O) groups is 1. The largest absolute Gasteiger partial charge is 0.460 e. The number of aliphatic hydroxyl groups excluding tert-OH is 1. The number of nitrogens with zero attached hydrogens (tertiary/aromatic N) is 4. The van der Waals surface area contributed by atoms with Crippen molar-refractivity contribution in [1.29, 1.82) is 0 Å². The van der Waals surface area contributed by atoms with Crippen molar-refractivity contribution in [2.24, 2.45) is 0 Å². The van der Waals surface area contributed by atoms with Crippen LogP contribution in [0.3, 0.4) is 0 Å². The highest BCUT2D eigenvalue weighted by atomic mass is 31.2. The second-order valence-corrected chi connectivity index (χ2v) is 10.9. The highest BCUT2D eigenvalue weighted by molar-refractivity contribution is 7.52. The summed E-state index contributed by atoms with van der Waals surface area (Å²) in [5, 5.41) is 13.4. The Morgan fingerprint density at radius 1 is 1.18 bits per heavy atom. The number of para-hydroxylation sites is 1. The van der Waals surface area contributed by atoms with E-state index in [1.807, 2.05) is 30.3 Å². The minimum absolute atomic E-state index is 0.0606. The number of carbonyl (C=O) groups excluding carboxylic acids is 1. The van der Waals surface area contributed by atoms with Gasteiger partial charge in [-0.2, -0.15) is 5.09 Å². The maximum Gasteiger partial charge on any atom is 0.459 e. The quantitative estimate of drug-likeness (QED) is 0.179. The van der Waals surface area contributed by atoms with Gasteiger partial charge < -0.3 is 24.8 Å². The molecule has 14 heteroatoms. The van der Waals surface area contributed by atoms with Gasteiger partial charge >= 0.3 is 13.7 Å². The van der Waals surface area contributed by atoms with Crippen LogP contribution in [0.15, 0.2) is 73.3 Å². The van der Waals surface area contributed by atoms with Gasteiger partial charge in [0.15, 0.2) is 17.7 Å². The minimum atomic E-state index is -4.11. The van der Waals surface area contributed by atoms with Crippen LogP contribution in [0.25, 0.3) is 11.2 Å². The smallest absolute Gasteiger partial charge is 0.459 e. The first-order valence-electron chi connectivity index (χ1n) is 12.6. The van der Waals surface area contributed by atoms with Gasteiger partial charge in [-0.1, -0.05) is 48.5 Å². The summed E-state index contributed by atoms with van der Waals surface area (Å²) in [7, 11) is -4.11. The lowest BCUT2D eigenvalue weighted by Crippen LogP contribution is -2.35. The average Bonchev–Trinajstić information content (AvgIpc) is 3.55. The first-order chi connectivity index (χ1) is 19.3. The van der Waals surface area contributed by atoms with Crippen LogP contribution in [-0.4, -0.2) is 55.5 Å².